The molecule has 0 aromatic heterocycles. The Morgan fingerprint density at radius 1 is 1.29 bits per heavy atom. The largest absolute Gasteiger partial charge is 0.495 e. The number of fused-ring (bicyclic) bond motifs is 1. The lowest BCUT2D eigenvalue weighted by Crippen LogP contribution is -2.38. The van der Waals surface area contributed by atoms with Crippen molar-refractivity contribution in [2.75, 3.05) is 25.9 Å². The van der Waals surface area contributed by atoms with E-state index in [0.29, 0.717) is 5.69 Å². The fourth-order valence-corrected chi connectivity index (χ4v) is 2.34. The molecular weight excluding hydrogens is 215 g/mol. The summed E-state index contributed by atoms with van der Waals surface area (Å²) >= 11 is 0. The minimum absolute atomic E-state index is 0.386. The van der Waals surface area contributed by atoms with Crippen LogP contribution in [0.15, 0.2) is 12.1 Å². The molecule has 0 bridgehead atoms. The van der Waals surface area contributed by atoms with Gasteiger partial charge in [-0.25, -0.2) is 0 Å². The minimum atomic E-state index is -0.386. The average molecular weight is 234 g/mol. The SMILES string of the molecule is COc1cc2c(cc1N)CCN(B(C)O)CC2. The van der Waals surface area contributed by atoms with E-state index >= 15 is 0 Å². The van der Waals surface area contributed by atoms with Crippen molar-refractivity contribution in [1.29, 1.82) is 0 Å². The molecular formula is C12H19BN2O2. The standard InChI is InChI=1S/C12H19BN2O2/c1-13(16)15-5-3-9-7-11(14)12(17-2)8-10(9)4-6-15/h7-8,16H,3-6,14H2,1-2H3. The van der Waals surface area contributed by atoms with Crippen LogP contribution in [0.2, 0.25) is 6.82 Å². The van der Waals surface area contributed by atoms with Crippen LogP contribution in [0.5, 0.6) is 5.75 Å². The van der Waals surface area contributed by atoms with Gasteiger partial charge in [0.25, 0.3) is 0 Å². The average Bonchev–Trinajstić information content (AvgIpc) is 2.50. The summed E-state index contributed by atoms with van der Waals surface area (Å²) in [7, 11) is 1.25. The summed E-state index contributed by atoms with van der Waals surface area (Å²) in [6.07, 6.45) is 1.85. The van der Waals surface area contributed by atoms with Crippen molar-refractivity contribution in [1.82, 2.24) is 4.81 Å². The minimum Gasteiger partial charge on any atom is -0.495 e. The Kier molecular flexibility index (Phi) is 3.59. The van der Waals surface area contributed by atoms with Gasteiger partial charge in [-0.2, -0.15) is 0 Å². The van der Waals surface area contributed by atoms with E-state index in [-0.39, 0.29) is 7.05 Å². The van der Waals surface area contributed by atoms with Gasteiger partial charge in [0.05, 0.1) is 12.8 Å². The first-order valence-corrected chi connectivity index (χ1v) is 5.99. The van der Waals surface area contributed by atoms with E-state index in [0.717, 1.165) is 31.7 Å². The van der Waals surface area contributed by atoms with Crippen LogP contribution in [0, 0.1) is 0 Å². The van der Waals surface area contributed by atoms with Crippen molar-refractivity contribution in [3.8, 4) is 5.75 Å². The molecule has 2 rings (SSSR count). The summed E-state index contributed by atoms with van der Waals surface area (Å²) in [5.41, 5.74) is 9.15. The molecule has 4 nitrogen and oxygen atoms in total. The van der Waals surface area contributed by atoms with Crippen LogP contribution in [-0.2, 0) is 12.8 Å². The number of hydrogen-bond donors (Lipinski definition) is 2. The molecule has 1 aliphatic heterocycles. The fourth-order valence-electron chi connectivity index (χ4n) is 2.34. The topological polar surface area (TPSA) is 58.7 Å². The lowest BCUT2D eigenvalue weighted by atomic mass is 9.85. The summed E-state index contributed by atoms with van der Waals surface area (Å²) in [5, 5.41) is 9.61. The van der Waals surface area contributed by atoms with Crippen LogP contribution >= 0.6 is 0 Å². The molecule has 3 N–H and O–H groups in total. The van der Waals surface area contributed by atoms with Gasteiger partial charge in [0.1, 0.15) is 5.75 Å². The summed E-state index contributed by atoms with van der Waals surface area (Å²) in [4.78, 5) is 2.07. The molecule has 0 unspecified atom stereocenters. The molecule has 1 aromatic carbocycles. The highest BCUT2D eigenvalue weighted by Gasteiger charge is 2.20. The highest BCUT2D eigenvalue weighted by Crippen LogP contribution is 2.28. The predicted octanol–water partition coefficient (Wildman–Crippen LogP) is 0.788. The second-order valence-electron chi connectivity index (χ2n) is 4.53. The van der Waals surface area contributed by atoms with Crippen molar-refractivity contribution in [2.45, 2.75) is 19.7 Å². The first-order valence-electron chi connectivity index (χ1n) is 5.99. The third-order valence-electron chi connectivity index (χ3n) is 3.42. The summed E-state index contributed by atoms with van der Waals surface area (Å²) < 4.78 is 5.24. The zero-order valence-corrected chi connectivity index (χ0v) is 10.4. The van der Waals surface area contributed by atoms with Crippen molar-refractivity contribution < 1.29 is 9.76 Å². The van der Waals surface area contributed by atoms with Crippen molar-refractivity contribution in [3.05, 3.63) is 23.3 Å². The first-order chi connectivity index (χ1) is 8.11. The molecule has 0 spiro atoms. The number of benzene rings is 1. The molecule has 17 heavy (non-hydrogen) atoms. The number of ether oxygens (including phenoxy) is 1. The Labute approximate surface area is 103 Å². The molecule has 1 aliphatic rings. The quantitative estimate of drug-likeness (QED) is 0.586. The van der Waals surface area contributed by atoms with Crippen molar-refractivity contribution in [2.24, 2.45) is 0 Å². The third-order valence-corrected chi connectivity index (χ3v) is 3.42. The van der Waals surface area contributed by atoms with E-state index in [9.17, 15) is 5.02 Å². The Hall–Kier alpha value is -1.20. The molecule has 0 atom stereocenters. The highest BCUT2D eigenvalue weighted by atomic mass is 16.5. The smallest absolute Gasteiger partial charge is 0.376 e. The molecule has 0 saturated carbocycles. The monoisotopic (exact) mass is 234 g/mol. The van der Waals surface area contributed by atoms with Crippen molar-refractivity contribution in [3.63, 3.8) is 0 Å². The van der Waals surface area contributed by atoms with E-state index in [1.54, 1.807) is 7.11 Å². The van der Waals surface area contributed by atoms with Gasteiger partial charge in [-0.1, -0.05) is 0 Å². The maximum absolute atomic E-state index is 9.61. The molecule has 92 valence electrons. The molecule has 0 aliphatic carbocycles. The first kappa shape index (κ1) is 12.3. The molecule has 0 amide bonds. The highest BCUT2D eigenvalue weighted by molar-refractivity contribution is 6.45. The third kappa shape index (κ3) is 2.56. The molecule has 0 radical (unpaired) electrons. The van der Waals surface area contributed by atoms with Crippen LogP contribution in [-0.4, -0.2) is 37.1 Å². The van der Waals surface area contributed by atoms with Gasteiger partial charge < -0.3 is 20.3 Å². The maximum atomic E-state index is 9.61. The molecule has 1 heterocycles. The van der Waals surface area contributed by atoms with Crippen LogP contribution in [0.25, 0.3) is 0 Å². The molecule has 0 saturated heterocycles. The Bertz CT molecular complexity index is 410. The predicted molar refractivity (Wildman–Crippen MR) is 70.2 cm³/mol. The molecule has 5 heteroatoms. The Balaban J connectivity index is 2.25. The van der Waals surface area contributed by atoms with Gasteiger partial charge in [0.2, 0.25) is 0 Å². The number of anilines is 1. The van der Waals surface area contributed by atoms with Crippen LogP contribution < -0.4 is 10.5 Å². The number of methoxy groups -OCH3 is 1. The van der Waals surface area contributed by atoms with Gasteiger partial charge in [-0.05, 0) is 56.0 Å². The second-order valence-corrected chi connectivity index (χ2v) is 4.53. The Morgan fingerprint density at radius 2 is 1.88 bits per heavy atom. The van der Waals surface area contributed by atoms with Crippen LogP contribution in [0.1, 0.15) is 11.1 Å². The van der Waals surface area contributed by atoms with Crippen LogP contribution in [0.3, 0.4) is 0 Å². The van der Waals surface area contributed by atoms with E-state index in [2.05, 4.69) is 4.81 Å². The normalized spacial score (nSPS) is 16.2. The van der Waals surface area contributed by atoms with Crippen molar-refractivity contribution >= 4 is 12.7 Å². The summed E-state index contributed by atoms with van der Waals surface area (Å²) in [5.74, 6) is 0.745. The van der Waals surface area contributed by atoms with E-state index < -0.39 is 0 Å². The van der Waals surface area contributed by atoms with Gasteiger partial charge in [0.15, 0.2) is 0 Å². The maximum Gasteiger partial charge on any atom is 0.376 e. The van der Waals surface area contributed by atoms with Gasteiger partial charge in [0, 0.05) is 0 Å². The molecule has 1 aromatic rings. The number of rotatable bonds is 2. The number of nitrogen functional groups attached to an aromatic ring is 1. The molecule has 0 fully saturated rings. The lowest BCUT2D eigenvalue weighted by Gasteiger charge is -2.19. The number of nitrogens with two attached hydrogens (primary N) is 1. The summed E-state index contributed by atoms with van der Waals surface area (Å²) in [6, 6.07) is 4.02. The van der Waals surface area contributed by atoms with Gasteiger partial charge in [-0.3, -0.25) is 0 Å². The zero-order valence-electron chi connectivity index (χ0n) is 10.4. The van der Waals surface area contributed by atoms with Crippen LogP contribution in [0.4, 0.5) is 5.69 Å². The van der Waals surface area contributed by atoms with E-state index in [4.69, 9.17) is 10.5 Å². The zero-order chi connectivity index (χ0) is 12.4. The van der Waals surface area contributed by atoms with Gasteiger partial charge >= 0.3 is 7.05 Å². The Morgan fingerprint density at radius 3 is 2.41 bits per heavy atom. The van der Waals surface area contributed by atoms with E-state index in [1.807, 2.05) is 19.0 Å². The lowest BCUT2D eigenvalue weighted by molar-refractivity contribution is 0.378. The van der Waals surface area contributed by atoms with Gasteiger partial charge in [-0.15, -0.1) is 0 Å². The van der Waals surface area contributed by atoms with E-state index in [1.165, 1.54) is 11.1 Å². The fraction of sp³-hybridized carbons (Fsp3) is 0.500. The second kappa shape index (κ2) is 4.98. The summed E-state index contributed by atoms with van der Waals surface area (Å²) in [6.45, 7) is 3.55. The number of nitrogens with zero attached hydrogens (tertiary/aromatic N) is 1. The number of hydrogen-bond acceptors (Lipinski definition) is 4.